The van der Waals surface area contributed by atoms with Gasteiger partial charge in [0, 0.05) is 21.7 Å². The SMILES string of the molecule is N#Cc1cccc(-c2ccc(-n3c4c(c5ccc(=C6C=CC(C(F)(F)F)=CC6C(F)(F)F)cc53)CC=CC=4)c(C(F)(F)F)c2-n2c3ccccc3c3ccc(-c4ccc(C(F)(F)F)cc4C(F)(F)F)cc32)c1. The lowest BCUT2D eigenvalue weighted by atomic mass is 9.88. The molecule has 2 aliphatic rings. The standard InChI is InChI=1S/C54H28F15N3/c55-50(56,57)32-14-18-34(41(25-32)52(61,62)63)30-12-16-39-37-8-1-3-10-43(37)71(46(39)23-30)45-21-20-36(29-7-5-6-28(22-29)27-70)49(48(45)54(67,68)69)72-44-11-4-2-9-38(44)40-17-13-31(24-47(40)72)35-19-15-33(51(58,59)60)26-42(35)53(64,65)66/h1-7,9-26,41H,8H2. The van der Waals surface area contributed by atoms with E-state index in [0.717, 1.165) is 12.1 Å². The maximum absolute atomic E-state index is 16.8. The summed E-state index contributed by atoms with van der Waals surface area (Å²) < 4.78 is 223. The van der Waals surface area contributed by atoms with Crippen molar-refractivity contribution in [1.29, 1.82) is 5.26 Å². The summed E-state index contributed by atoms with van der Waals surface area (Å²) in [7, 11) is 0. The van der Waals surface area contributed by atoms with Crippen LogP contribution in [0, 0.1) is 17.2 Å². The lowest BCUT2D eigenvalue weighted by Crippen LogP contribution is -2.29. The van der Waals surface area contributed by atoms with Gasteiger partial charge in [0.2, 0.25) is 0 Å². The minimum absolute atomic E-state index is 0.0330. The second-order valence-electron chi connectivity index (χ2n) is 17.0. The van der Waals surface area contributed by atoms with Gasteiger partial charge in [0.05, 0.1) is 67.5 Å². The maximum Gasteiger partial charge on any atom is 0.420 e. The molecular weight excluding hydrogens is 976 g/mol. The van der Waals surface area contributed by atoms with Crippen molar-refractivity contribution in [2.24, 2.45) is 5.92 Å². The van der Waals surface area contributed by atoms with E-state index in [0.29, 0.717) is 40.6 Å². The molecule has 10 rings (SSSR count). The molecule has 0 saturated heterocycles. The molecule has 3 nitrogen and oxygen atoms in total. The average Bonchev–Trinajstić information content (AvgIpc) is 3.83. The highest BCUT2D eigenvalue weighted by atomic mass is 19.4. The number of hydrogen-bond donors (Lipinski definition) is 0. The van der Waals surface area contributed by atoms with Gasteiger partial charge in [-0.25, -0.2) is 0 Å². The molecular formula is C54H28F15N3. The second-order valence-corrected chi connectivity index (χ2v) is 17.0. The first kappa shape index (κ1) is 47.7. The van der Waals surface area contributed by atoms with Gasteiger partial charge >= 0.3 is 30.9 Å². The normalized spacial score (nSPS) is 16.3. The first-order chi connectivity index (χ1) is 33.8. The van der Waals surface area contributed by atoms with Crippen molar-refractivity contribution in [3.05, 3.63) is 190 Å². The van der Waals surface area contributed by atoms with E-state index in [4.69, 9.17) is 0 Å². The number of fused-ring (bicyclic) bond motifs is 6. The molecule has 2 aromatic heterocycles. The van der Waals surface area contributed by atoms with Crippen molar-refractivity contribution >= 4 is 44.4 Å². The molecule has 0 saturated carbocycles. The molecule has 1 atom stereocenters. The van der Waals surface area contributed by atoms with Crippen LogP contribution in [0.4, 0.5) is 65.9 Å². The number of nitrogens with zero attached hydrogens (tertiary/aromatic N) is 3. The monoisotopic (exact) mass is 1000 g/mol. The van der Waals surface area contributed by atoms with Gasteiger partial charge in [-0.1, -0.05) is 91.0 Å². The van der Waals surface area contributed by atoms with Crippen LogP contribution in [0.15, 0.2) is 151 Å². The molecule has 0 amide bonds. The smallest absolute Gasteiger partial charge is 0.309 e. The van der Waals surface area contributed by atoms with Gasteiger partial charge in [-0.05, 0) is 100 Å². The zero-order valence-electron chi connectivity index (χ0n) is 36.2. The third kappa shape index (κ3) is 8.10. The van der Waals surface area contributed by atoms with E-state index in [9.17, 15) is 57.9 Å². The van der Waals surface area contributed by atoms with E-state index in [1.165, 1.54) is 88.0 Å². The lowest BCUT2D eigenvalue weighted by Gasteiger charge is -2.25. The molecule has 8 aromatic rings. The number of halogens is 15. The third-order valence-electron chi connectivity index (χ3n) is 12.8. The number of para-hydroxylation sites is 1. The van der Waals surface area contributed by atoms with E-state index in [-0.39, 0.29) is 73.3 Å². The molecule has 0 aliphatic heterocycles. The second kappa shape index (κ2) is 16.6. The third-order valence-corrected chi connectivity index (χ3v) is 12.8. The largest absolute Gasteiger partial charge is 0.420 e. The Bertz CT molecular complexity index is 3840. The van der Waals surface area contributed by atoms with E-state index >= 15 is 13.2 Å². The Morgan fingerprint density at radius 2 is 1.25 bits per heavy atom. The number of rotatable bonds is 4. The number of nitriles is 1. The van der Waals surface area contributed by atoms with Crippen LogP contribution in [0.1, 0.15) is 27.8 Å². The minimum Gasteiger partial charge on any atom is -0.309 e. The molecule has 2 aliphatic carbocycles. The zero-order chi connectivity index (χ0) is 51.4. The number of benzene rings is 6. The highest BCUT2D eigenvalue weighted by molar-refractivity contribution is 6.11. The maximum atomic E-state index is 16.8. The first-order valence-electron chi connectivity index (χ1n) is 21.5. The minimum atomic E-state index is -5.37. The Labute approximate surface area is 396 Å². The van der Waals surface area contributed by atoms with Crippen molar-refractivity contribution in [2.75, 3.05) is 0 Å². The number of allylic oxidation sites excluding steroid dienone is 6. The molecule has 0 fully saturated rings. The van der Waals surface area contributed by atoms with Crippen molar-refractivity contribution in [2.45, 2.75) is 37.3 Å². The molecule has 0 radical (unpaired) electrons. The van der Waals surface area contributed by atoms with Crippen LogP contribution in [-0.2, 0) is 24.9 Å². The van der Waals surface area contributed by atoms with Gasteiger partial charge < -0.3 is 9.13 Å². The fourth-order valence-corrected chi connectivity index (χ4v) is 9.75. The molecule has 0 bridgehead atoms. The molecule has 18 heteroatoms. The van der Waals surface area contributed by atoms with Gasteiger partial charge in [0.1, 0.15) is 5.56 Å². The summed E-state index contributed by atoms with van der Waals surface area (Å²) in [4.78, 5) is 0. The van der Waals surface area contributed by atoms with Crippen LogP contribution in [0.2, 0.25) is 0 Å². The van der Waals surface area contributed by atoms with Gasteiger partial charge in [-0.15, -0.1) is 0 Å². The molecule has 2 heterocycles. The first-order valence-corrected chi connectivity index (χ1v) is 21.5. The van der Waals surface area contributed by atoms with Crippen LogP contribution in [0.5, 0.6) is 0 Å². The Morgan fingerprint density at radius 3 is 1.94 bits per heavy atom. The van der Waals surface area contributed by atoms with Crippen molar-refractivity contribution in [3.63, 3.8) is 0 Å². The van der Waals surface area contributed by atoms with E-state index in [1.807, 2.05) is 6.07 Å². The predicted molar refractivity (Wildman–Crippen MR) is 241 cm³/mol. The summed E-state index contributed by atoms with van der Waals surface area (Å²) in [5, 5.41) is 10.6. The Balaban J connectivity index is 1.35. The van der Waals surface area contributed by atoms with Crippen LogP contribution >= 0.6 is 0 Å². The average molecular weight is 1000 g/mol. The number of alkyl halides is 15. The molecule has 0 N–H and O–H groups in total. The fraction of sp³-hybridized carbons (Fsp3) is 0.130. The van der Waals surface area contributed by atoms with Crippen molar-refractivity contribution in [3.8, 4) is 39.7 Å². The lowest BCUT2D eigenvalue weighted by molar-refractivity contribution is -0.148. The summed E-state index contributed by atoms with van der Waals surface area (Å²) in [5.74, 6) is -2.77. The van der Waals surface area contributed by atoms with Gasteiger partial charge in [0.15, 0.2) is 0 Å². The zero-order valence-corrected chi connectivity index (χ0v) is 36.2. The molecule has 1 unspecified atom stereocenters. The van der Waals surface area contributed by atoms with Crippen LogP contribution in [-0.4, -0.2) is 21.5 Å². The van der Waals surface area contributed by atoms with Gasteiger partial charge in [-0.3, -0.25) is 0 Å². The quantitative estimate of drug-likeness (QED) is 0.162. The summed E-state index contributed by atoms with van der Waals surface area (Å²) in [5.41, 5.74) is -8.71. The van der Waals surface area contributed by atoms with E-state index in [1.54, 1.807) is 24.3 Å². The van der Waals surface area contributed by atoms with Gasteiger partial charge in [-0.2, -0.15) is 71.1 Å². The van der Waals surface area contributed by atoms with Crippen LogP contribution in [0.3, 0.4) is 0 Å². The summed E-state index contributed by atoms with van der Waals surface area (Å²) in [6.45, 7) is 0. The summed E-state index contributed by atoms with van der Waals surface area (Å²) >= 11 is 0. The Kier molecular flexibility index (Phi) is 11.0. The predicted octanol–water partition coefficient (Wildman–Crippen LogP) is 15.3. The summed E-state index contributed by atoms with van der Waals surface area (Å²) in [6.07, 6.45) is -20.2. The van der Waals surface area contributed by atoms with Crippen LogP contribution < -0.4 is 10.6 Å². The molecule has 0 spiro atoms. The van der Waals surface area contributed by atoms with Gasteiger partial charge in [0.25, 0.3) is 0 Å². The van der Waals surface area contributed by atoms with E-state index < -0.39 is 81.6 Å². The topological polar surface area (TPSA) is 33.6 Å². The molecule has 6 aromatic carbocycles. The van der Waals surface area contributed by atoms with Crippen molar-refractivity contribution in [1.82, 2.24) is 9.13 Å². The molecule has 364 valence electrons. The highest BCUT2D eigenvalue weighted by Gasteiger charge is 2.46. The number of aromatic nitrogens is 2. The fourth-order valence-electron chi connectivity index (χ4n) is 9.75. The molecule has 72 heavy (non-hydrogen) atoms. The van der Waals surface area contributed by atoms with Crippen LogP contribution in [0.25, 0.3) is 78.0 Å². The Morgan fingerprint density at radius 1 is 0.556 bits per heavy atom. The summed E-state index contributed by atoms with van der Waals surface area (Å²) in [6, 6.07) is 24.6. The van der Waals surface area contributed by atoms with E-state index in [2.05, 4.69) is 0 Å². The van der Waals surface area contributed by atoms with Crippen molar-refractivity contribution < 1.29 is 65.9 Å². The Hall–Kier alpha value is -7.94. The highest BCUT2D eigenvalue weighted by Crippen LogP contribution is 2.49. The number of hydrogen-bond acceptors (Lipinski definition) is 1.